The van der Waals surface area contributed by atoms with Crippen LogP contribution in [0.3, 0.4) is 0 Å². The summed E-state index contributed by atoms with van der Waals surface area (Å²) in [5, 5.41) is 22.6. The van der Waals surface area contributed by atoms with Crippen LogP contribution in [0.25, 0.3) is 130 Å². The Bertz CT molecular complexity index is 3640. The summed E-state index contributed by atoms with van der Waals surface area (Å²) in [6.07, 6.45) is 0. The second kappa shape index (κ2) is 9.88. The van der Waals surface area contributed by atoms with Crippen LogP contribution < -0.4 is 0 Å². The Morgan fingerprint density at radius 3 is 1.47 bits per heavy atom. The van der Waals surface area contributed by atoms with Crippen LogP contribution in [-0.4, -0.2) is 0 Å². The second-order valence-electron chi connectivity index (χ2n) is 14.8. The molecule has 0 N–H and O–H groups in total. The highest BCUT2D eigenvalue weighted by Gasteiger charge is 2.22. The minimum absolute atomic E-state index is 0.939. The van der Waals surface area contributed by atoms with Crippen molar-refractivity contribution in [3.8, 4) is 22.3 Å². The zero-order valence-corrected chi connectivity index (χ0v) is 28.6. The molecule has 53 heavy (non-hydrogen) atoms. The van der Waals surface area contributed by atoms with Gasteiger partial charge in [0.15, 0.2) is 0 Å². The number of rotatable bonds is 2. The average molecular weight is 669 g/mol. The summed E-state index contributed by atoms with van der Waals surface area (Å²) in [6, 6.07) is 63.2. The fraction of sp³-hybridized carbons (Fsp3) is 0. The van der Waals surface area contributed by atoms with Gasteiger partial charge < -0.3 is 4.42 Å². The molecule has 0 atom stereocenters. The van der Waals surface area contributed by atoms with Crippen LogP contribution in [-0.2, 0) is 0 Å². The SMILES string of the molecule is c1ccc2c(c1)ccc1c3cc4cc(-c5ccc6ccc7cccc8ccc5c6c78)ccc4c(-c4ccc5ccc6cccc7ccc4c5c67)c3oc21. The molecule has 0 aliphatic carbocycles. The molecular weight excluding hydrogens is 641 g/mol. The smallest absolute Gasteiger partial charge is 0.143 e. The lowest BCUT2D eigenvalue weighted by Crippen LogP contribution is -1.90. The van der Waals surface area contributed by atoms with E-state index in [1.807, 2.05) is 0 Å². The summed E-state index contributed by atoms with van der Waals surface area (Å²) in [5.74, 6) is 0. The first kappa shape index (κ1) is 27.7. The summed E-state index contributed by atoms with van der Waals surface area (Å²) >= 11 is 0. The normalized spacial score (nSPS) is 12.5. The van der Waals surface area contributed by atoms with E-state index < -0.39 is 0 Å². The van der Waals surface area contributed by atoms with Gasteiger partial charge in [-0.1, -0.05) is 152 Å². The molecule has 0 radical (unpaired) electrons. The standard InChI is InChI=1S/C52H28O/c1-2-10-40-29(5-1)15-26-44-45-28-37-27-36(38-21-16-34-13-11-30-6-3-8-32-17-23-41(38)48(34)46(30)32)20-22-39(37)50(52(45)53-51(40)44)43-25-19-35-14-12-31-7-4-9-33-18-24-42(43)49(35)47(31)33/h1-28H. The molecule has 0 unspecified atom stereocenters. The van der Waals surface area contributed by atoms with Crippen LogP contribution in [0.4, 0.5) is 0 Å². The van der Waals surface area contributed by atoms with E-state index in [9.17, 15) is 0 Å². The lowest BCUT2D eigenvalue weighted by atomic mass is 9.86. The third-order valence-electron chi connectivity index (χ3n) is 12.1. The Labute approximate surface area is 303 Å². The molecule has 0 saturated heterocycles. The third-order valence-corrected chi connectivity index (χ3v) is 12.1. The maximum atomic E-state index is 7.09. The van der Waals surface area contributed by atoms with Gasteiger partial charge in [-0.2, -0.15) is 0 Å². The van der Waals surface area contributed by atoms with Gasteiger partial charge in [0.1, 0.15) is 11.2 Å². The van der Waals surface area contributed by atoms with Crippen molar-refractivity contribution >= 4 is 108 Å². The molecule has 0 amide bonds. The Hall–Kier alpha value is -6.96. The first-order valence-electron chi connectivity index (χ1n) is 18.4. The van der Waals surface area contributed by atoms with Crippen molar-refractivity contribution in [2.24, 2.45) is 0 Å². The van der Waals surface area contributed by atoms with E-state index in [4.69, 9.17) is 4.42 Å². The van der Waals surface area contributed by atoms with Gasteiger partial charge in [0.25, 0.3) is 0 Å². The molecule has 1 heteroatoms. The monoisotopic (exact) mass is 668 g/mol. The lowest BCUT2D eigenvalue weighted by Gasteiger charge is -2.17. The molecule has 0 bridgehead atoms. The van der Waals surface area contributed by atoms with Crippen molar-refractivity contribution in [2.75, 3.05) is 0 Å². The third kappa shape index (κ3) is 3.61. The Morgan fingerprint density at radius 2 is 0.774 bits per heavy atom. The van der Waals surface area contributed by atoms with Crippen LogP contribution in [0, 0.1) is 0 Å². The predicted octanol–water partition coefficient (Wildman–Crippen LogP) is 15.0. The fourth-order valence-electron chi connectivity index (χ4n) is 9.74. The maximum absolute atomic E-state index is 7.09. The molecule has 1 aromatic heterocycles. The molecule has 0 fully saturated rings. The highest BCUT2D eigenvalue weighted by molar-refractivity contribution is 6.30. The van der Waals surface area contributed by atoms with Crippen molar-refractivity contribution in [1.29, 1.82) is 0 Å². The summed E-state index contributed by atoms with van der Waals surface area (Å²) in [6.45, 7) is 0. The molecule has 1 nitrogen and oxygen atoms in total. The van der Waals surface area contributed by atoms with Gasteiger partial charge in [-0.25, -0.2) is 0 Å². The van der Waals surface area contributed by atoms with Gasteiger partial charge >= 0.3 is 0 Å². The van der Waals surface area contributed by atoms with Crippen molar-refractivity contribution in [3.05, 3.63) is 170 Å². The molecule has 0 aliphatic rings. The van der Waals surface area contributed by atoms with Crippen molar-refractivity contribution in [3.63, 3.8) is 0 Å². The van der Waals surface area contributed by atoms with E-state index in [0.717, 1.165) is 32.9 Å². The number of hydrogen-bond acceptors (Lipinski definition) is 1. The van der Waals surface area contributed by atoms with Crippen LogP contribution in [0.5, 0.6) is 0 Å². The van der Waals surface area contributed by atoms with Crippen LogP contribution in [0.1, 0.15) is 0 Å². The second-order valence-corrected chi connectivity index (χ2v) is 14.8. The highest BCUT2D eigenvalue weighted by atomic mass is 16.3. The number of fused-ring (bicyclic) bond motifs is 6. The number of hydrogen-bond donors (Lipinski definition) is 0. The van der Waals surface area contributed by atoms with Gasteiger partial charge in [-0.05, 0) is 116 Å². The van der Waals surface area contributed by atoms with Gasteiger partial charge in [-0.15, -0.1) is 0 Å². The first-order chi connectivity index (χ1) is 26.3. The molecule has 13 aromatic rings. The van der Waals surface area contributed by atoms with Crippen LogP contribution in [0.2, 0.25) is 0 Å². The van der Waals surface area contributed by atoms with Crippen LogP contribution in [0.15, 0.2) is 174 Å². The summed E-state index contributed by atoms with van der Waals surface area (Å²) in [5.41, 5.74) is 6.70. The molecule has 0 saturated carbocycles. The lowest BCUT2D eigenvalue weighted by molar-refractivity contribution is 0.674. The van der Waals surface area contributed by atoms with E-state index in [1.165, 1.54) is 97.5 Å². The van der Waals surface area contributed by atoms with Gasteiger partial charge in [-0.3, -0.25) is 0 Å². The summed E-state index contributed by atoms with van der Waals surface area (Å²) < 4.78 is 7.09. The zero-order valence-electron chi connectivity index (χ0n) is 28.6. The van der Waals surface area contributed by atoms with E-state index in [-0.39, 0.29) is 0 Å². The molecule has 1 heterocycles. The van der Waals surface area contributed by atoms with Gasteiger partial charge in [0.05, 0.1) is 0 Å². The van der Waals surface area contributed by atoms with E-state index in [1.54, 1.807) is 0 Å². The Morgan fingerprint density at radius 1 is 0.264 bits per heavy atom. The molecule has 13 rings (SSSR count). The van der Waals surface area contributed by atoms with E-state index in [0.29, 0.717) is 0 Å². The molecule has 0 aliphatic heterocycles. The van der Waals surface area contributed by atoms with Crippen molar-refractivity contribution in [1.82, 2.24) is 0 Å². The van der Waals surface area contributed by atoms with Crippen molar-refractivity contribution in [2.45, 2.75) is 0 Å². The number of benzene rings is 12. The van der Waals surface area contributed by atoms with Gasteiger partial charge in [0, 0.05) is 21.7 Å². The maximum Gasteiger partial charge on any atom is 0.143 e. The minimum Gasteiger partial charge on any atom is -0.455 e. The van der Waals surface area contributed by atoms with Crippen molar-refractivity contribution < 1.29 is 4.42 Å². The highest BCUT2D eigenvalue weighted by Crippen LogP contribution is 2.48. The Kier molecular flexibility index (Phi) is 5.17. The van der Waals surface area contributed by atoms with Gasteiger partial charge in [0.2, 0.25) is 0 Å². The molecule has 0 spiro atoms. The van der Waals surface area contributed by atoms with E-state index >= 15 is 0 Å². The quantitative estimate of drug-likeness (QED) is 0.167. The molecule has 242 valence electrons. The first-order valence-corrected chi connectivity index (χ1v) is 18.4. The predicted molar refractivity (Wildman–Crippen MR) is 227 cm³/mol. The minimum atomic E-state index is 0.939. The summed E-state index contributed by atoms with van der Waals surface area (Å²) in [7, 11) is 0. The van der Waals surface area contributed by atoms with E-state index in [2.05, 4.69) is 170 Å². The molecule has 12 aromatic carbocycles. The molecular formula is C52H28O. The topological polar surface area (TPSA) is 13.1 Å². The average Bonchev–Trinajstić information content (AvgIpc) is 3.59. The largest absolute Gasteiger partial charge is 0.455 e. The zero-order chi connectivity index (χ0) is 34.4. The van der Waals surface area contributed by atoms with Crippen LogP contribution >= 0.6 is 0 Å². The fourth-order valence-corrected chi connectivity index (χ4v) is 9.74. The number of furan rings is 1. The Balaban J connectivity index is 1.16. The summed E-state index contributed by atoms with van der Waals surface area (Å²) in [4.78, 5) is 0.